The summed E-state index contributed by atoms with van der Waals surface area (Å²) >= 11 is 0. The van der Waals surface area contributed by atoms with Crippen molar-refractivity contribution in [2.75, 3.05) is 10.7 Å². The van der Waals surface area contributed by atoms with Gasteiger partial charge in [-0.25, -0.2) is 5.43 Å². The number of hydrazone groups is 1. The Hall–Kier alpha value is -3.28. The first kappa shape index (κ1) is 14.6. The number of anilines is 3. The molecule has 3 rings (SSSR count). The monoisotopic (exact) mass is 304 g/mol. The van der Waals surface area contributed by atoms with Gasteiger partial charge in [0.15, 0.2) is 0 Å². The Morgan fingerprint density at radius 3 is 2.22 bits per heavy atom. The molecule has 114 valence electrons. The lowest BCUT2D eigenvalue weighted by Crippen LogP contribution is -2.05. The van der Waals surface area contributed by atoms with Crippen molar-refractivity contribution in [1.82, 2.24) is 15.0 Å². The van der Waals surface area contributed by atoms with Crippen molar-refractivity contribution in [3.63, 3.8) is 0 Å². The van der Waals surface area contributed by atoms with Gasteiger partial charge >= 0.3 is 0 Å². The van der Waals surface area contributed by atoms with E-state index in [1.165, 1.54) is 0 Å². The van der Waals surface area contributed by atoms with Crippen LogP contribution in [0, 0.1) is 6.92 Å². The van der Waals surface area contributed by atoms with Crippen molar-refractivity contribution < 1.29 is 0 Å². The third kappa shape index (κ3) is 4.34. The fourth-order valence-electron chi connectivity index (χ4n) is 1.94. The number of nitrogens with one attached hydrogen (secondary N) is 2. The molecule has 0 unspecified atom stereocenters. The van der Waals surface area contributed by atoms with Gasteiger partial charge < -0.3 is 5.32 Å². The zero-order valence-corrected chi connectivity index (χ0v) is 12.6. The molecule has 0 atom stereocenters. The SMILES string of the molecule is Cc1nc(N/N=C\c2ccccc2)nc(Nc2ccccc2)n1. The fourth-order valence-corrected chi connectivity index (χ4v) is 1.94. The highest BCUT2D eigenvalue weighted by Gasteiger charge is 2.03. The second kappa shape index (κ2) is 7.13. The van der Waals surface area contributed by atoms with Crippen LogP contribution in [0.4, 0.5) is 17.6 Å². The molecule has 0 saturated heterocycles. The van der Waals surface area contributed by atoms with Crippen molar-refractivity contribution in [2.45, 2.75) is 6.92 Å². The van der Waals surface area contributed by atoms with Gasteiger partial charge in [-0.05, 0) is 24.6 Å². The van der Waals surface area contributed by atoms with Crippen LogP contribution in [0.15, 0.2) is 65.8 Å². The summed E-state index contributed by atoms with van der Waals surface area (Å²) in [6.07, 6.45) is 1.71. The first-order valence-corrected chi connectivity index (χ1v) is 7.18. The summed E-state index contributed by atoms with van der Waals surface area (Å²) in [5, 5.41) is 7.28. The summed E-state index contributed by atoms with van der Waals surface area (Å²) in [6, 6.07) is 19.5. The maximum absolute atomic E-state index is 4.30. The minimum atomic E-state index is 0.392. The van der Waals surface area contributed by atoms with Crippen LogP contribution in [0.2, 0.25) is 0 Å². The van der Waals surface area contributed by atoms with Crippen molar-refractivity contribution >= 4 is 23.8 Å². The van der Waals surface area contributed by atoms with E-state index in [4.69, 9.17) is 0 Å². The Kier molecular flexibility index (Phi) is 4.54. The molecule has 0 spiro atoms. The van der Waals surface area contributed by atoms with E-state index < -0.39 is 0 Å². The minimum Gasteiger partial charge on any atom is -0.324 e. The van der Waals surface area contributed by atoms with E-state index in [-0.39, 0.29) is 0 Å². The second-order valence-electron chi connectivity index (χ2n) is 4.80. The highest BCUT2D eigenvalue weighted by molar-refractivity contribution is 5.79. The highest BCUT2D eigenvalue weighted by Crippen LogP contribution is 2.13. The minimum absolute atomic E-state index is 0.392. The predicted octanol–water partition coefficient (Wildman–Crippen LogP) is 3.37. The van der Waals surface area contributed by atoms with E-state index in [9.17, 15) is 0 Å². The molecule has 0 aliphatic rings. The first-order chi connectivity index (χ1) is 11.3. The molecule has 1 heterocycles. The second-order valence-corrected chi connectivity index (χ2v) is 4.80. The number of para-hydroxylation sites is 1. The van der Waals surface area contributed by atoms with E-state index in [1.807, 2.05) is 67.6 Å². The summed E-state index contributed by atoms with van der Waals surface area (Å²) in [5.74, 6) is 1.47. The number of nitrogens with zero attached hydrogens (tertiary/aromatic N) is 4. The number of aryl methyl sites for hydroxylation is 1. The molecule has 0 bridgehead atoms. The molecular weight excluding hydrogens is 288 g/mol. The molecule has 0 fully saturated rings. The molecular formula is C17H16N6. The molecule has 2 N–H and O–H groups in total. The predicted molar refractivity (Wildman–Crippen MR) is 91.9 cm³/mol. The van der Waals surface area contributed by atoms with Crippen LogP contribution in [-0.4, -0.2) is 21.2 Å². The standard InChI is InChI=1S/C17H16N6/c1-13-19-16(21-15-10-6-3-7-11-15)22-17(20-13)23-18-12-14-8-4-2-5-9-14/h2-12H,1H3,(H2,19,20,21,22,23)/b18-12-. The molecule has 3 aromatic rings. The van der Waals surface area contributed by atoms with E-state index >= 15 is 0 Å². The molecule has 0 aliphatic heterocycles. The number of hydrogen-bond donors (Lipinski definition) is 2. The Morgan fingerprint density at radius 1 is 0.826 bits per heavy atom. The van der Waals surface area contributed by atoms with Crippen molar-refractivity contribution in [2.24, 2.45) is 5.10 Å². The third-order valence-electron chi connectivity index (χ3n) is 2.95. The Bertz CT molecular complexity index is 787. The van der Waals surface area contributed by atoms with Crippen LogP contribution < -0.4 is 10.7 Å². The van der Waals surface area contributed by atoms with Gasteiger partial charge in [-0.3, -0.25) is 0 Å². The third-order valence-corrected chi connectivity index (χ3v) is 2.95. The average molecular weight is 304 g/mol. The van der Waals surface area contributed by atoms with Gasteiger partial charge in [0.1, 0.15) is 5.82 Å². The lowest BCUT2D eigenvalue weighted by molar-refractivity contribution is 0.975. The Labute approximate surface area is 134 Å². The maximum Gasteiger partial charge on any atom is 0.248 e. The van der Waals surface area contributed by atoms with Crippen LogP contribution in [0.25, 0.3) is 0 Å². The van der Waals surface area contributed by atoms with Gasteiger partial charge in [-0.1, -0.05) is 48.5 Å². The van der Waals surface area contributed by atoms with Gasteiger partial charge in [-0.2, -0.15) is 20.1 Å². The summed E-state index contributed by atoms with van der Waals surface area (Å²) in [5.41, 5.74) is 4.74. The lowest BCUT2D eigenvalue weighted by Gasteiger charge is -2.06. The van der Waals surface area contributed by atoms with E-state index in [0.717, 1.165) is 11.3 Å². The van der Waals surface area contributed by atoms with Gasteiger partial charge in [0.05, 0.1) is 6.21 Å². The topological polar surface area (TPSA) is 75.1 Å². The van der Waals surface area contributed by atoms with Crippen molar-refractivity contribution in [3.8, 4) is 0 Å². The molecule has 0 amide bonds. The van der Waals surface area contributed by atoms with Crippen LogP contribution in [-0.2, 0) is 0 Å². The highest BCUT2D eigenvalue weighted by atomic mass is 15.4. The van der Waals surface area contributed by atoms with Gasteiger partial charge in [0.25, 0.3) is 0 Å². The zero-order valence-electron chi connectivity index (χ0n) is 12.6. The quantitative estimate of drug-likeness (QED) is 0.558. The zero-order chi connectivity index (χ0) is 15.9. The smallest absolute Gasteiger partial charge is 0.248 e. The van der Waals surface area contributed by atoms with E-state index in [2.05, 4.69) is 30.8 Å². The van der Waals surface area contributed by atoms with Crippen LogP contribution in [0.3, 0.4) is 0 Å². The van der Waals surface area contributed by atoms with E-state index in [0.29, 0.717) is 17.7 Å². The van der Waals surface area contributed by atoms with Crippen LogP contribution in [0.1, 0.15) is 11.4 Å². The number of benzene rings is 2. The Morgan fingerprint density at radius 2 is 1.48 bits per heavy atom. The molecule has 1 aromatic heterocycles. The summed E-state index contributed by atoms with van der Waals surface area (Å²) in [4.78, 5) is 12.8. The average Bonchev–Trinajstić information content (AvgIpc) is 2.56. The molecule has 6 nitrogen and oxygen atoms in total. The van der Waals surface area contributed by atoms with Crippen LogP contribution in [0.5, 0.6) is 0 Å². The Balaban J connectivity index is 1.71. The first-order valence-electron chi connectivity index (χ1n) is 7.18. The molecule has 0 aliphatic carbocycles. The molecule has 23 heavy (non-hydrogen) atoms. The van der Waals surface area contributed by atoms with Crippen LogP contribution >= 0.6 is 0 Å². The number of hydrogen-bond acceptors (Lipinski definition) is 6. The largest absolute Gasteiger partial charge is 0.324 e. The molecule has 0 saturated carbocycles. The van der Waals surface area contributed by atoms with Gasteiger partial charge in [0, 0.05) is 5.69 Å². The van der Waals surface area contributed by atoms with Gasteiger partial charge in [-0.15, -0.1) is 0 Å². The molecule has 6 heteroatoms. The van der Waals surface area contributed by atoms with E-state index in [1.54, 1.807) is 6.21 Å². The molecule has 2 aromatic carbocycles. The summed E-state index contributed by atoms with van der Waals surface area (Å²) in [7, 11) is 0. The summed E-state index contributed by atoms with van der Waals surface area (Å²) < 4.78 is 0. The summed E-state index contributed by atoms with van der Waals surface area (Å²) in [6.45, 7) is 1.81. The fraction of sp³-hybridized carbons (Fsp3) is 0.0588. The normalized spacial score (nSPS) is 10.7. The molecule has 0 radical (unpaired) electrons. The number of aromatic nitrogens is 3. The van der Waals surface area contributed by atoms with Crippen molar-refractivity contribution in [1.29, 1.82) is 0 Å². The lowest BCUT2D eigenvalue weighted by atomic mass is 10.2. The maximum atomic E-state index is 4.30. The van der Waals surface area contributed by atoms with Gasteiger partial charge in [0.2, 0.25) is 11.9 Å². The van der Waals surface area contributed by atoms with Crippen molar-refractivity contribution in [3.05, 3.63) is 72.1 Å². The number of rotatable bonds is 5.